The van der Waals surface area contributed by atoms with E-state index in [-0.39, 0.29) is 0 Å². The molecular formula is C22H22N4O4. The van der Waals surface area contributed by atoms with E-state index in [0.717, 1.165) is 36.2 Å². The second-order valence-electron chi connectivity index (χ2n) is 6.88. The van der Waals surface area contributed by atoms with E-state index in [9.17, 15) is 9.59 Å². The molecule has 0 saturated heterocycles. The summed E-state index contributed by atoms with van der Waals surface area (Å²) < 4.78 is 12.2. The quantitative estimate of drug-likeness (QED) is 0.635. The number of rotatable bonds is 5. The van der Waals surface area contributed by atoms with Gasteiger partial charge in [-0.3, -0.25) is 20.4 Å². The number of carbonyl (C=O) groups excluding carboxylic acids is 2. The Labute approximate surface area is 173 Å². The van der Waals surface area contributed by atoms with Crippen LogP contribution in [-0.2, 0) is 12.8 Å². The van der Waals surface area contributed by atoms with Crippen LogP contribution in [0.5, 0.6) is 11.5 Å². The number of aromatic nitrogens is 2. The molecule has 8 heteroatoms. The molecule has 0 saturated carbocycles. The molecule has 4 rings (SSSR count). The summed E-state index contributed by atoms with van der Waals surface area (Å²) in [7, 11) is 3.00. The second kappa shape index (κ2) is 8.28. The lowest BCUT2D eigenvalue weighted by Crippen LogP contribution is -2.42. The standard InChI is InChI=1S/C22H22N4O4/c1-29-16-11-14(12-17(13-16)30-2)21(27)23-24-22(28)20-18-9-6-10-19(18)26(25-20)15-7-4-3-5-8-15/h3-5,7-8,11-13H,6,9-10H2,1-2H3,(H,23,27)(H,24,28). The number of ether oxygens (including phenoxy) is 2. The number of carbonyl (C=O) groups is 2. The molecule has 1 aliphatic carbocycles. The van der Waals surface area contributed by atoms with Gasteiger partial charge in [0, 0.05) is 22.9 Å². The lowest BCUT2D eigenvalue weighted by molar-refractivity contribution is 0.0843. The average molecular weight is 406 g/mol. The normalized spacial score (nSPS) is 12.2. The number of amides is 2. The van der Waals surface area contributed by atoms with Crippen molar-refractivity contribution >= 4 is 11.8 Å². The summed E-state index contributed by atoms with van der Waals surface area (Å²) in [5, 5.41) is 4.52. The van der Waals surface area contributed by atoms with Crippen LogP contribution in [0.15, 0.2) is 48.5 Å². The van der Waals surface area contributed by atoms with E-state index >= 15 is 0 Å². The van der Waals surface area contributed by atoms with Gasteiger partial charge in [-0.15, -0.1) is 0 Å². The summed E-state index contributed by atoms with van der Waals surface area (Å²) in [5.41, 5.74) is 8.40. The Balaban J connectivity index is 1.52. The minimum atomic E-state index is -0.486. The number of hydrogen-bond acceptors (Lipinski definition) is 5. The van der Waals surface area contributed by atoms with Crippen LogP contribution in [0.4, 0.5) is 0 Å². The number of hydrogen-bond donors (Lipinski definition) is 2. The maximum Gasteiger partial charge on any atom is 0.290 e. The summed E-state index contributed by atoms with van der Waals surface area (Å²) >= 11 is 0. The smallest absolute Gasteiger partial charge is 0.290 e. The van der Waals surface area contributed by atoms with Crippen molar-refractivity contribution in [2.24, 2.45) is 0 Å². The zero-order valence-electron chi connectivity index (χ0n) is 16.8. The molecule has 30 heavy (non-hydrogen) atoms. The van der Waals surface area contributed by atoms with Gasteiger partial charge in [0.1, 0.15) is 11.5 Å². The van der Waals surface area contributed by atoms with Crippen molar-refractivity contribution in [1.82, 2.24) is 20.6 Å². The fourth-order valence-electron chi connectivity index (χ4n) is 3.59. The van der Waals surface area contributed by atoms with E-state index in [1.165, 1.54) is 14.2 Å². The molecule has 1 aromatic heterocycles. The fourth-order valence-corrected chi connectivity index (χ4v) is 3.59. The Morgan fingerprint density at radius 1 is 0.933 bits per heavy atom. The van der Waals surface area contributed by atoms with E-state index in [0.29, 0.717) is 22.8 Å². The maximum atomic E-state index is 12.8. The summed E-state index contributed by atoms with van der Waals surface area (Å²) in [6.07, 6.45) is 2.61. The number of nitrogens with zero attached hydrogens (tertiary/aromatic N) is 2. The predicted octanol–water partition coefficient (Wildman–Crippen LogP) is 2.45. The molecule has 0 unspecified atom stereocenters. The van der Waals surface area contributed by atoms with E-state index < -0.39 is 11.8 Å². The van der Waals surface area contributed by atoms with Crippen LogP contribution in [-0.4, -0.2) is 35.8 Å². The zero-order chi connectivity index (χ0) is 21.1. The molecule has 1 heterocycles. The zero-order valence-corrected chi connectivity index (χ0v) is 16.8. The van der Waals surface area contributed by atoms with Crippen molar-refractivity contribution in [3.05, 3.63) is 71.0 Å². The first-order valence-corrected chi connectivity index (χ1v) is 9.60. The highest BCUT2D eigenvalue weighted by Gasteiger charge is 2.27. The minimum absolute atomic E-state index is 0.298. The molecule has 154 valence electrons. The Bertz CT molecular complexity index is 1070. The van der Waals surface area contributed by atoms with E-state index in [4.69, 9.17) is 9.47 Å². The molecule has 2 aromatic carbocycles. The van der Waals surface area contributed by atoms with Crippen molar-refractivity contribution in [2.45, 2.75) is 19.3 Å². The van der Waals surface area contributed by atoms with Crippen molar-refractivity contribution in [2.75, 3.05) is 14.2 Å². The largest absolute Gasteiger partial charge is 0.497 e. The predicted molar refractivity (Wildman–Crippen MR) is 110 cm³/mol. The summed E-state index contributed by atoms with van der Waals surface area (Å²) in [6.45, 7) is 0. The van der Waals surface area contributed by atoms with Gasteiger partial charge in [-0.25, -0.2) is 4.68 Å². The third kappa shape index (κ3) is 3.71. The van der Waals surface area contributed by atoms with Crippen molar-refractivity contribution in [1.29, 1.82) is 0 Å². The van der Waals surface area contributed by atoms with Crippen LogP contribution in [0.25, 0.3) is 5.69 Å². The lowest BCUT2D eigenvalue weighted by atomic mass is 10.2. The third-order valence-electron chi connectivity index (χ3n) is 5.05. The van der Waals surface area contributed by atoms with Crippen LogP contribution in [0, 0.1) is 0 Å². The fraction of sp³-hybridized carbons (Fsp3) is 0.227. The Kier molecular flexibility index (Phi) is 5.38. The Hall–Kier alpha value is -3.81. The number of benzene rings is 2. The topological polar surface area (TPSA) is 94.5 Å². The SMILES string of the molecule is COc1cc(OC)cc(C(=O)NNC(=O)c2nn(-c3ccccc3)c3c2CCC3)c1. The Morgan fingerprint density at radius 2 is 1.60 bits per heavy atom. The molecule has 0 spiro atoms. The maximum absolute atomic E-state index is 12.8. The number of fused-ring (bicyclic) bond motifs is 1. The van der Waals surface area contributed by atoms with E-state index in [1.54, 1.807) is 18.2 Å². The number of para-hydroxylation sites is 1. The summed E-state index contributed by atoms with van der Waals surface area (Å²) in [4.78, 5) is 25.3. The molecule has 2 N–H and O–H groups in total. The monoisotopic (exact) mass is 406 g/mol. The molecule has 0 bridgehead atoms. The molecule has 2 amide bonds. The second-order valence-corrected chi connectivity index (χ2v) is 6.88. The first kappa shape index (κ1) is 19.5. The summed E-state index contributed by atoms with van der Waals surface area (Å²) in [5.74, 6) is 0.0150. The molecule has 3 aromatic rings. The van der Waals surface area contributed by atoms with Gasteiger partial charge in [0.25, 0.3) is 11.8 Å². The Morgan fingerprint density at radius 3 is 2.27 bits per heavy atom. The van der Waals surface area contributed by atoms with Crippen LogP contribution in [0.3, 0.4) is 0 Å². The van der Waals surface area contributed by atoms with Gasteiger partial charge < -0.3 is 9.47 Å². The highest BCUT2D eigenvalue weighted by Crippen LogP contribution is 2.27. The van der Waals surface area contributed by atoms with Crippen LogP contribution in [0.2, 0.25) is 0 Å². The molecule has 0 fully saturated rings. The van der Waals surface area contributed by atoms with Crippen LogP contribution in [0.1, 0.15) is 38.5 Å². The highest BCUT2D eigenvalue weighted by atomic mass is 16.5. The molecule has 0 atom stereocenters. The molecular weight excluding hydrogens is 384 g/mol. The average Bonchev–Trinajstić information content (AvgIpc) is 3.40. The van der Waals surface area contributed by atoms with E-state index in [2.05, 4.69) is 16.0 Å². The number of hydrazine groups is 1. The number of methoxy groups -OCH3 is 2. The first-order valence-electron chi connectivity index (χ1n) is 9.60. The van der Waals surface area contributed by atoms with Gasteiger partial charge >= 0.3 is 0 Å². The van der Waals surface area contributed by atoms with Crippen molar-refractivity contribution in [3.63, 3.8) is 0 Å². The summed E-state index contributed by atoms with van der Waals surface area (Å²) in [6, 6.07) is 14.5. The first-order chi connectivity index (χ1) is 14.6. The molecule has 8 nitrogen and oxygen atoms in total. The molecule has 0 radical (unpaired) electrons. The van der Waals surface area contributed by atoms with Crippen molar-refractivity contribution in [3.8, 4) is 17.2 Å². The molecule has 1 aliphatic rings. The van der Waals surface area contributed by atoms with Crippen LogP contribution >= 0.6 is 0 Å². The van der Waals surface area contributed by atoms with Gasteiger partial charge in [0.05, 0.1) is 19.9 Å². The molecule has 0 aliphatic heterocycles. The van der Waals surface area contributed by atoms with E-state index in [1.807, 2.05) is 35.0 Å². The third-order valence-corrected chi connectivity index (χ3v) is 5.05. The minimum Gasteiger partial charge on any atom is -0.497 e. The van der Waals surface area contributed by atoms with Gasteiger partial charge in [-0.05, 0) is 43.5 Å². The highest BCUT2D eigenvalue weighted by molar-refractivity contribution is 5.99. The van der Waals surface area contributed by atoms with Crippen molar-refractivity contribution < 1.29 is 19.1 Å². The number of nitrogens with one attached hydrogen (secondary N) is 2. The van der Waals surface area contributed by atoms with Gasteiger partial charge in [0.15, 0.2) is 5.69 Å². The van der Waals surface area contributed by atoms with Gasteiger partial charge in [-0.1, -0.05) is 18.2 Å². The lowest BCUT2D eigenvalue weighted by Gasteiger charge is -2.10. The van der Waals surface area contributed by atoms with Gasteiger partial charge in [-0.2, -0.15) is 5.10 Å². The van der Waals surface area contributed by atoms with Crippen LogP contribution < -0.4 is 20.3 Å². The van der Waals surface area contributed by atoms with Gasteiger partial charge in [0.2, 0.25) is 0 Å².